The number of rotatable bonds is 6. The van der Waals surface area contributed by atoms with Crippen molar-refractivity contribution < 1.29 is 17.3 Å². The Kier molecular flexibility index (Phi) is 6.01. The van der Waals surface area contributed by atoms with Crippen LogP contribution in [0, 0.1) is 18.8 Å². The van der Waals surface area contributed by atoms with E-state index in [0.29, 0.717) is 0 Å². The summed E-state index contributed by atoms with van der Waals surface area (Å²) in [7, 11) is -3.68. The predicted octanol–water partition coefficient (Wildman–Crippen LogP) is 3.54. The van der Waals surface area contributed by atoms with Crippen molar-refractivity contribution in [3.63, 3.8) is 0 Å². The highest BCUT2D eigenvalue weighted by Crippen LogP contribution is 2.26. The zero-order chi connectivity index (χ0) is 16.2. The number of benzene rings is 1. The van der Waals surface area contributed by atoms with Gasteiger partial charge >= 0.3 is 0 Å². The molecule has 0 amide bonds. The summed E-state index contributed by atoms with van der Waals surface area (Å²) in [6.07, 6.45) is 3.57. The maximum absolute atomic E-state index is 12.2. The third kappa shape index (κ3) is 4.54. The van der Waals surface area contributed by atoms with Crippen LogP contribution in [0.25, 0.3) is 0 Å². The molecule has 1 aromatic carbocycles. The molecule has 2 rings (SSSR count). The Bertz CT molecular complexity index is 559. The molecule has 0 radical (unpaired) electrons. The second-order valence-corrected chi connectivity index (χ2v) is 7.91. The van der Waals surface area contributed by atoms with Gasteiger partial charge in [0.05, 0.1) is 17.6 Å². The molecular weight excluding hydrogens is 300 g/mol. The van der Waals surface area contributed by atoms with E-state index < -0.39 is 10.1 Å². The van der Waals surface area contributed by atoms with Gasteiger partial charge in [-0.3, -0.25) is 4.18 Å². The molecule has 0 spiro atoms. The molecule has 5 heteroatoms. The van der Waals surface area contributed by atoms with Crippen LogP contribution in [0.15, 0.2) is 29.2 Å². The van der Waals surface area contributed by atoms with Gasteiger partial charge in [0.1, 0.15) is 0 Å². The first kappa shape index (κ1) is 17.4. The average Bonchev–Trinajstić information content (AvgIpc) is 2.53. The normalized spacial score (nSPS) is 22.2. The molecule has 124 valence electrons. The minimum Gasteiger partial charge on any atom is -0.378 e. The Morgan fingerprint density at radius 3 is 2.50 bits per heavy atom. The van der Waals surface area contributed by atoms with E-state index >= 15 is 0 Å². The van der Waals surface area contributed by atoms with Gasteiger partial charge in [0.2, 0.25) is 0 Å². The molecule has 1 aliphatic rings. The molecular formula is C17H26O4S. The van der Waals surface area contributed by atoms with Gasteiger partial charge in [0.25, 0.3) is 10.1 Å². The Morgan fingerprint density at radius 1 is 1.23 bits per heavy atom. The van der Waals surface area contributed by atoms with Crippen LogP contribution in [0.4, 0.5) is 0 Å². The average molecular weight is 326 g/mol. The minimum atomic E-state index is -3.68. The lowest BCUT2D eigenvalue weighted by atomic mass is 9.87. The van der Waals surface area contributed by atoms with Gasteiger partial charge in [-0.1, -0.05) is 31.5 Å². The summed E-state index contributed by atoms with van der Waals surface area (Å²) in [6.45, 7) is 7.06. The van der Waals surface area contributed by atoms with Crippen molar-refractivity contribution in [3.05, 3.63) is 29.8 Å². The maximum atomic E-state index is 12.2. The van der Waals surface area contributed by atoms with Crippen LogP contribution in [0.2, 0.25) is 0 Å². The highest BCUT2D eigenvalue weighted by Gasteiger charge is 2.27. The number of hydrogen-bond acceptors (Lipinski definition) is 4. The summed E-state index contributed by atoms with van der Waals surface area (Å²) >= 11 is 0. The Balaban J connectivity index is 1.91. The van der Waals surface area contributed by atoms with Crippen LogP contribution in [0.5, 0.6) is 0 Å². The molecule has 0 bridgehead atoms. The smallest absolute Gasteiger partial charge is 0.296 e. The van der Waals surface area contributed by atoms with E-state index in [-0.39, 0.29) is 29.4 Å². The Labute approximate surface area is 134 Å². The van der Waals surface area contributed by atoms with E-state index in [1.165, 1.54) is 6.42 Å². The molecule has 4 nitrogen and oxygen atoms in total. The molecule has 1 aliphatic heterocycles. The second kappa shape index (κ2) is 7.57. The zero-order valence-corrected chi connectivity index (χ0v) is 14.4. The summed E-state index contributed by atoms with van der Waals surface area (Å²) in [5, 5.41) is 0. The fourth-order valence-electron chi connectivity index (χ4n) is 2.67. The zero-order valence-electron chi connectivity index (χ0n) is 13.6. The molecule has 1 heterocycles. The molecule has 22 heavy (non-hydrogen) atoms. The minimum absolute atomic E-state index is 0.128. The highest BCUT2D eigenvalue weighted by atomic mass is 32.2. The van der Waals surface area contributed by atoms with E-state index in [0.717, 1.165) is 25.0 Å². The van der Waals surface area contributed by atoms with Gasteiger partial charge in [-0.2, -0.15) is 8.42 Å². The van der Waals surface area contributed by atoms with Gasteiger partial charge in [-0.15, -0.1) is 0 Å². The van der Waals surface area contributed by atoms with Crippen LogP contribution in [-0.2, 0) is 19.0 Å². The third-order valence-corrected chi connectivity index (χ3v) is 5.79. The first-order valence-electron chi connectivity index (χ1n) is 7.98. The molecule has 1 unspecified atom stereocenters. The fraction of sp³-hybridized carbons (Fsp3) is 0.647. The van der Waals surface area contributed by atoms with E-state index in [9.17, 15) is 8.42 Å². The van der Waals surface area contributed by atoms with Crippen molar-refractivity contribution in [2.45, 2.75) is 51.0 Å². The quantitative estimate of drug-likeness (QED) is 0.750. The summed E-state index contributed by atoms with van der Waals surface area (Å²) in [4.78, 5) is 0.215. The topological polar surface area (TPSA) is 52.6 Å². The highest BCUT2D eigenvalue weighted by molar-refractivity contribution is 7.86. The van der Waals surface area contributed by atoms with Crippen LogP contribution in [0.1, 0.15) is 38.7 Å². The molecule has 3 atom stereocenters. The number of ether oxygens (including phenoxy) is 1. The Morgan fingerprint density at radius 2 is 1.91 bits per heavy atom. The third-order valence-electron chi connectivity index (χ3n) is 4.49. The standard InChI is InChI=1S/C17H26O4S/c1-13-7-9-16(10-8-13)22(18,19)21-12-14(2)15(3)17-6-4-5-11-20-17/h7-10,14-15,17H,4-6,11-12H2,1-3H3/t14-,15+,17?/m1/s1. The second-order valence-electron chi connectivity index (χ2n) is 6.29. The van der Waals surface area contributed by atoms with Crippen molar-refractivity contribution in [1.82, 2.24) is 0 Å². The molecule has 1 aromatic rings. The van der Waals surface area contributed by atoms with Crippen molar-refractivity contribution in [2.24, 2.45) is 11.8 Å². The van der Waals surface area contributed by atoms with Gasteiger partial charge in [0.15, 0.2) is 0 Å². The maximum Gasteiger partial charge on any atom is 0.296 e. The van der Waals surface area contributed by atoms with Crippen LogP contribution < -0.4 is 0 Å². The monoisotopic (exact) mass is 326 g/mol. The van der Waals surface area contributed by atoms with Gasteiger partial charge in [-0.05, 0) is 50.2 Å². The number of aryl methyl sites for hydroxylation is 1. The molecule has 0 saturated carbocycles. The lowest BCUT2D eigenvalue weighted by molar-refractivity contribution is -0.0346. The van der Waals surface area contributed by atoms with Gasteiger partial charge in [0, 0.05) is 6.61 Å². The lowest BCUT2D eigenvalue weighted by Crippen LogP contribution is -2.32. The first-order valence-corrected chi connectivity index (χ1v) is 9.38. The first-order chi connectivity index (χ1) is 10.4. The lowest BCUT2D eigenvalue weighted by Gasteiger charge is -2.31. The summed E-state index contributed by atoms with van der Waals surface area (Å²) in [6, 6.07) is 6.72. The molecule has 0 N–H and O–H groups in total. The SMILES string of the molecule is Cc1ccc(S(=O)(=O)OC[C@@H](C)[C@H](C)C2CCCCO2)cc1. The van der Waals surface area contributed by atoms with Crippen molar-refractivity contribution in [1.29, 1.82) is 0 Å². The van der Waals surface area contributed by atoms with E-state index in [4.69, 9.17) is 8.92 Å². The Hall–Kier alpha value is -0.910. The van der Waals surface area contributed by atoms with Crippen LogP contribution in [-0.4, -0.2) is 27.7 Å². The molecule has 0 aliphatic carbocycles. The number of hydrogen-bond donors (Lipinski definition) is 0. The predicted molar refractivity (Wildman–Crippen MR) is 86.2 cm³/mol. The molecule has 0 aromatic heterocycles. The van der Waals surface area contributed by atoms with E-state index in [1.54, 1.807) is 24.3 Å². The fourth-order valence-corrected chi connectivity index (χ4v) is 3.67. The van der Waals surface area contributed by atoms with E-state index in [1.807, 2.05) is 13.8 Å². The summed E-state index contributed by atoms with van der Waals surface area (Å²) in [5.74, 6) is 0.414. The molecule has 1 saturated heterocycles. The van der Waals surface area contributed by atoms with Gasteiger partial charge in [-0.25, -0.2) is 0 Å². The van der Waals surface area contributed by atoms with Crippen LogP contribution in [0.3, 0.4) is 0 Å². The van der Waals surface area contributed by atoms with Crippen molar-refractivity contribution in [2.75, 3.05) is 13.2 Å². The summed E-state index contributed by atoms with van der Waals surface area (Å²) in [5.41, 5.74) is 1.02. The van der Waals surface area contributed by atoms with Crippen molar-refractivity contribution >= 4 is 10.1 Å². The van der Waals surface area contributed by atoms with Gasteiger partial charge < -0.3 is 4.74 Å². The van der Waals surface area contributed by atoms with Crippen LogP contribution >= 0.6 is 0 Å². The summed E-state index contributed by atoms with van der Waals surface area (Å²) < 4.78 is 35.4. The molecule has 1 fully saturated rings. The largest absolute Gasteiger partial charge is 0.378 e. The van der Waals surface area contributed by atoms with E-state index in [2.05, 4.69) is 6.92 Å². The van der Waals surface area contributed by atoms with Crippen molar-refractivity contribution in [3.8, 4) is 0 Å².